The quantitative estimate of drug-likeness (QED) is 0.664. The molecule has 3 aromatic rings. The molecule has 150 valence electrons. The number of rotatable bonds is 2. The molecule has 5 rings (SSSR count). The van der Waals surface area contributed by atoms with Crippen LogP contribution in [0, 0.1) is 0 Å². The zero-order valence-electron chi connectivity index (χ0n) is 17.1. The largest absolute Gasteiger partial charge is 0.339 e. The molecule has 0 unspecified atom stereocenters. The van der Waals surface area contributed by atoms with Gasteiger partial charge in [-0.3, -0.25) is 4.79 Å². The predicted octanol–water partition coefficient (Wildman–Crippen LogP) is 4.09. The van der Waals surface area contributed by atoms with E-state index in [1.807, 2.05) is 45.8 Å². The van der Waals surface area contributed by atoms with Crippen molar-refractivity contribution in [3.05, 3.63) is 60.6 Å². The third-order valence-electron chi connectivity index (χ3n) is 7.03. The summed E-state index contributed by atoms with van der Waals surface area (Å²) < 4.78 is 2.01. The highest BCUT2D eigenvalue weighted by Gasteiger charge is 2.40. The summed E-state index contributed by atoms with van der Waals surface area (Å²) in [7, 11) is 2.26. The van der Waals surface area contributed by atoms with Crippen molar-refractivity contribution in [1.82, 2.24) is 19.2 Å². The van der Waals surface area contributed by atoms with Crippen LogP contribution in [0.1, 0.15) is 42.5 Å². The van der Waals surface area contributed by atoms with Gasteiger partial charge in [0.05, 0.1) is 0 Å². The van der Waals surface area contributed by atoms with Gasteiger partial charge in [0.25, 0.3) is 5.91 Å². The van der Waals surface area contributed by atoms with Gasteiger partial charge >= 0.3 is 0 Å². The number of hydrogen-bond donors (Lipinski definition) is 0. The van der Waals surface area contributed by atoms with Gasteiger partial charge in [-0.2, -0.15) is 0 Å². The van der Waals surface area contributed by atoms with Gasteiger partial charge in [-0.1, -0.05) is 18.6 Å². The Hall–Kier alpha value is -2.66. The second-order valence-corrected chi connectivity index (χ2v) is 8.58. The van der Waals surface area contributed by atoms with Crippen molar-refractivity contribution in [1.29, 1.82) is 0 Å². The van der Waals surface area contributed by atoms with E-state index in [4.69, 9.17) is 0 Å². The van der Waals surface area contributed by atoms with Crippen molar-refractivity contribution in [3.63, 3.8) is 0 Å². The minimum Gasteiger partial charge on any atom is -0.339 e. The summed E-state index contributed by atoms with van der Waals surface area (Å²) in [6.07, 6.45) is 11.9. The number of carbonyl (C=O) groups excluding carboxylic acids is 1. The van der Waals surface area contributed by atoms with Crippen molar-refractivity contribution in [2.24, 2.45) is 0 Å². The summed E-state index contributed by atoms with van der Waals surface area (Å²) in [5.41, 5.74) is 4.27. The monoisotopic (exact) mass is 388 g/mol. The number of imidazole rings is 1. The van der Waals surface area contributed by atoms with Crippen LogP contribution in [0.2, 0.25) is 0 Å². The molecular formula is C24H28N4O. The number of pyridine rings is 1. The fourth-order valence-corrected chi connectivity index (χ4v) is 5.07. The number of amides is 1. The van der Waals surface area contributed by atoms with Crippen molar-refractivity contribution >= 4 is 11.6 Å². The number of aromatic nitrogens is 2. The van der Waals surface area contributed by atoms with Crippen LogP contribution in [-0.2, 0) is 0 Å². The Kier molecular flexibility index (Phi) is 4.63. The van der Waals surface area contributed by atoms with E-state index >= 15 is 0 Å². The number of carbonyl (C=O) groups is 1. The number of fused-ring (bicyclic) bond motifs is 1. The number of piperidine rings is 2. The molecule has 2 fully saturated rings. The zero-order valence-corrected chi connectivity index (χ0v) is 17.1. The molecule has 1 spiro atoms. The molecule has 0 saturated carbocycles. The molecule has 0 radical (unpaired) electrons. The minimum atomic E-state index is 0.162. The lowest BCUT2D eigenvalue weighted by molar-refractivity contribution is 0.0111. The van der Waals surface area contributed by atoms with Crippen LogP contribution in [0.3, 0.4) is 0 Å². The lowest BCUT2D eigenvalue weighted by atomic mass is 9.79. The van der Waals surface area contributed by atoms with E-state index in [1.165, 1.54) is 25.8 Å². The highest BCUT2D eigenvalue weighted by molar-refractivity contribution is 5.94. The standard InChI is InChI=1S/C24H28N4O/c1-26-14-3-2-10-24(26)11-15-27(16-12-24)23(29)20-6-4-19(5-7-20)21-8-9-22-25-13-17-28(22)18-21/h4-9,13,17-18H,2-3,10-12,14-16H2,1H3. The molecule has 0 atom stereocenters. The lowest BCUT2D eigenvalue weighted by Gasteiger charge is -2.50. The number of benzene rings is 1. The van der Waals surface area contributed by atoms with Gasteiger partial charge in [0, 0.05) is 42.8 Å². The summed E-state index contributed by atoms with van der Waals surface area (Å²) in [5.74, 6) is 0.162. The van der Waals surface area contributed by atoms with Crippen molar-refractivity contribution in [2.45, 2.75) is 37.6 Å². The van der Waals surface area contributed by atoms with Crippen molar-refractivity contribution in [2.75, 3.05) is 26.7 Å². The molecule has 1 aromatic carbocycles. The van der Waals surface area contributed by atoms with Crippen molar-refractivity contribution in [3.8, 4) is 11.1 Å². The highest BCUT2D eigenvalue weighted by atomic mass is 16.2. The Labute approximate surface area is 172 Å². The molecular weight excluding hydrogens is 360 g/mol. The van der Waals surface area contributed by atoms with Crippen LogP contribution in [0.15, 0.2) is 55.0 Å². The van der Waals surface area contributed by atoms with Gasteiger partial charge in [0.2, 0.25) is 0 Å². The first kappa shape index (κ1) is 18.4. The van der Waals surface area contributed by atoms with E-state index in [0.29, 0.717) is 5.54 Å². The average Bonchev–Trinajstić information content (AvgIpc) is 3.24. The van der Waals surface area contributed by atoms with Crippen LogP contribution in [0.25, 0.3) is 16.8 Å². The molecule has 0 bridgehead atoms. The van der Waals surface area contributed by atoms with Gasteiger partial charge < -0.3 is 14.2 Å². The van der Waals surface area contributed by atoms with E-state index in [1.54, 1.807) is 6.20 Å². The van der Waals surface area contributed by atoms with E-state index in [2.05, 4.69) is 29.2 Å². The number of likely N-dealkylation sites (tertiary alicyclic amines) is 2. The Morgan fingerprint density at radius 1 is 0.931 bits per heavy atom. The van der Waals surface area contributed by atoms with Crippen LogP contribution in [0.5, 0.6) is 0 Å². The number of hydrogen-bond acceptors (Lipinski definition) is 3. The molecule has 4 heterocycles. The van der Waals surface area contributed by atoms with E-state index in [0.717, 1.165) is 48.3 Å². The van der Waals surface area contributed by atoms with Gasteiger partial charge in [-0.05, 0) is 74.7 Å². The molecule has 29 heavy (non-hydrogen) atoms. The first-order valence-electron chi connectivity index (χ1n) is 10.7. The Balaban J connectivity index is 1.28. The van der Waals surface area contributed by atoms with Gasteiger partial charge in [0.15, 0.2) is 0 Å². The fourth-order valence-electron chi connectivity index (χ4n) is 5.07. The maximum absolute atomic E-state index is 13.0. The Bertz CT molecular complexity index is 1010. The predicted molar refractivity (Wildman–Crippen MR) is 115 cm³/mol. The highest BCUT2D eigenvalue weighted by Crippen LogP contribution is 2.36. The van der Waals surface area contributed by atoms with Crippen LogP contribution >= 0.6 is 0 Å². The summed E-state index contributed by atoms with van der Waals surface area (Å²) in [6, 6.07) is 12.1. The molecule has 2 saturated heterocycles. The first-order chi connectivity index (χ1) is 14.1. The summed E-state index contributed by atoms with van der Waals surface area (Å²) >= 11 is 0. The summed E-state index contributed by atoms with van der Waals surface area (Å²) in [5, 5.41) is 0. The normalized spacial score (nSPS) is 19.7. The third kappa shape index (κ3) is 3.33. The minimum absolute atomic E-state index is 0.162. The number of nitrogens with zero attached hydrogens (tertiary/aromatic N) is 4. The van der Waals surface area contributed by atoms with Crippen LogP contribution < -0.4 is 0 Å². The molecule has 0 aliphatic carbocycles. The zero-order chi connectivity index (χ0) is 19.8. The maximum Gasteiger partial charge on any atom is 0.253 e. The van der Waals surface area contributed by atoms with Crippen LogP contribution in [0.4, 0.5) is 0 Å². The maximum atomic E-state index is 13.0. The Morgan fingerprint density at radius 2 is 1.69 bits per heavy atom. The van der Waals surface area contributed by atoms with Crippen LogP contribution in [-0.4, -0.2) is 57.3 Å². The van der Waals surface area contributed by atoms with Gasteiger partial charge in [0.1, 0.15) is 5.65 Å². The second-order valence-electron chi connectivity index (χ2n) is 8.58. The van der Waals surface area contributed by atoms with E-state index in [-0.39, 0.29) is 5.91 Å². The van der Waals surface area contributed by atoms with E-state index in [9.17, 15) is 4.79 Å². The Morgan fingerprint density at radius 3 is 2.45 bits per heavy atom. The van der Waals surface area contributed by atoms with E-state index < -0.39 is 0 Å². The van der Waals surface area contributed by atoms with Crippen molar-refractivity contribution < 1.29 is 4.79 Å². The molecule has 2 aromatic heterocycles. The second kappa shape index (κ2) is 7.30. The molecule has 0 N–H and O–H groups in total. The average molecular weight is 389 g/mol. The molecule has 2 aliphatic heterocycles. The lowest BCUT2D eigenvalue weighted by Crippen LogP contribution is -2.56. The smallest absolute Gasteiger partial charge is 0.253 e. The molecule has 5 heteroatoms. The first-order valence-corrected chi connectivity index (χ1v) is 10.7. The fraction of sp³-hybridized carbons (Fsp3) is 0.417. The topological polar surface area (TPSA) is 40.8 Å². The van der Waals surface area contributed by atoms with Gasteiger partial charge in [-0.15, -0.1) is 0 Å². The summed E-state index contributed by atoms with van der Waals surface area (Å²) in [6.45, 7) is 2.92. The SMILES string of the molecule is CN1CCCCC12CCN(C(=O)c1ccc(-c3ccc4nccn4c3)cc1)CC2. The molecule has 5 nitrogen and oxygen atoms in total. The molecule has 2 aliphatic rings. The molecule has 1 amide bonds. The summed E-state index contributed by atoms with van der Waals surface area (Å²) in [4.78, 5) is 21.9. The van der Waals surface area contributed by atoms with Gasteiger partial charge in [-0.25, -0.2) is 4.98 Å². The third-order valence-corrected chi connectivity index (χ3v) is 7.03.